The monoisotopic (exact) mass is 390 g/mol. The highest BCUT2D eigenvalue weighted by Crippen LogP contribution is 2.16. The van der Waals surface area contributed by atoms with Gasteiger partial charge in [0.2, 0.25) is 0 Å². The van der Waals surface area contributed by atoms with Gasteiger partial charge in [0.1, 0.15) is 6.79 Å². The molecule has 0 amide bonds. The van der Waals surface area contributed by atoms with Gasteiger partial charge in [-0.1, -0.05) is 0 Å². The first kappa shape index (κ1) is 10.7. The molecule has 1 aromatic rings. The van der Waals surface area contributed by atoms with E-state index in [9.17, 15) is 0 Å². The molecular weight excluding hydrogens is 382 g/mol. The summed E-state index contributed by atoms with van der Waals surface area (Å²) in [5, 5.41) is 8.46. The minimum Gasteiger partial charge on any atom is -0.371 e. The van der Waals surface area contributed by atoms with Crippen LogP contribution >= 0.6 is 45.2 Å². The Bertz CT molecular complexity index is 263. The van der Waals surface area contributed by atoms with Crippen LogP contribution in [0.1, 0.15) is 5.56 Å². The molecule has 0 atom stereocenters. The first-order valence-electron chi connectivity index (χ1n) is 3.36. The highest BCUT2D eigenvalue weighted by Gasteiger charge is 1.99. The third-order valence-corrected chi connectivity index (χ3v) is 3.08. The van der Waals surface area contributed by atoms with Crippen molar-refractivity contribution >= 4 is 45.2 Å². The zero-order valence-corrected chi connectivity index (χ0v) is 10.6. The first-order chi connectivity index (χ1) is 5.74. The Balaban J connectivity index is 2.75. The summed E-state index contributed by atoms with van der Waals surface area (Å²) in [4.78, 5) is 0. The molecule has 0 aliphatic rings. The van der Waals surface area contributed by atoms with Gasteiger partial charge in [-0.2, -0.15) is 0 Å². The van der Waals surface area contributed by atoms with Crippen LogP contribution in [0.25, 0.3) is 0 Å². The molecule has 1 rings (SSSR count). The van der Waals surface area contributed by atoms with Gasteiger partial charge < -0.3 is 9.84 Å². The second kappa shape index (κ2) is 5.36. The third-order valence-electron chi connectivity index (χ3n) is 1.36. The molecule has 0 heterocycles. The van der Waals surface area contributed by atoms with Gasteiger partial charge in [0, 0.05) is 7.14 Å². The molecule has 0 saturated carbocycles. The molecule has 4 heteroatoms. The van der Waals surface area contributed by atoms with Crippen molar-refractivity contribution in [2.45, 2.75) is 6.61 Å². The molecule has 1 aromatic carbocycles. The van der Waals surface area contributed by atoms with Gasteiger partial charge in [0.05, 0.1) is 6.61 Å². The fourth-order valence-electron chi connectivity index (χ4n) is 0.810. The summed E-state index contributed by atoms with van der Waals surface area (Å²) in [5.41, 5.74) is 1.12. The van der Waals surface area contributed by atoms with Crippen molar-refractivity contribution < 1.29 is 9.84 Å². The number of hydrogen-bond acceptors (Lipinski definition) is 2. The lowest BCUT2D eigenvalue weighted by Gasteiger charge is -2.04. The Hall–Kier alpha value is 0.600. The molecule has 0 saturated heterocycles. The highest BCUT2D eigenvalue weighted by molar-refractivity contribution is 14.1. The van der Waals surface area contributed by atoms with Gasteiger partial charge in [0.15, 0.2) is 0 Å². The normalized spacial score (nSPS) is 10.2. The van der Waals surface area contributed by atoms with Gasteiger partial charge >= 0.3 is 0 Å². The summed E-state index contributed by atoms with van der Waals surface area (Å²) in [6, 6.07) is 6.14. The van der Waals surface area contributed by atoms with Crippen LogP contribution in [0.5, 0.6) is 0 Å². The van der Waals surface area contributed by atoms with Crippen molar-refractivity contribution in [2.75, 3.05) is 6.79 Å². The van der Waals surface area contributed by atoms with E-state index in [1.165, 1.54) is 7.14 Å². The third kappa shape index (κ3) is 3.15. The van der Waals surface area contributed by atoms with E-state index in [4.69, 9.17) is 9.84 Å². The van der Waals surface area contributed by atoms with Crippen molar-refractivity contribution in [1.29, 1.82) is 0 Å². The molecule has 2 nitrogen and oxygen atoms in total. The average Bonchev–Trinajstić information content (AvgIpc) is 2.07. The van der Waals surface area contributed by atoms with Crippen LogP contribution in [0, 0.1) is 7.14 Å². The number of aliphatic hydroxyl groups excluding tert-OH is 1. The summed E-state index contributed by atoms with van der Waals surface area (Å²) in [6.45, 7) is 0.257. The lowest BCUT2D eigenvalue weighted by Crippen LogP contribution is -1.96. The molecule has 0 aromatic heterocycles. The van der Waals surface area contributed by atoms with Gasteiger partial charge in [-0.15, -0.1) is 0 Å². The van der Waals surface area contributed by atoms with E-state index in [1.54, 1.807) is 0 Å². The van der Waals surface area contributed by atoms with Gasteiger partial charge in [-0.3, -0.25) is 0 Å². The fourth-order valence-corrected chi connectivity index (χ4v) is 1.86. The van der Waals surface area contributed by atoms with E-state index in [0.29, 0.717) is 6.61 Å². The van der Waals surface area contributed by atoms with Gasteiger partial charge in [-0.25, -0.2) is 0 Å². The molecule has 0 aliphatic heterocycles. The number of halogens is 2. The minimum atomic E-state index is -0.221. The van der Waals surface area contributed by atoms with E-state index in [0.717, 1.165) is 5.56 Å². The summed E-state index contributed by atoms with van der Waals surface area (Å²) in [6.07, 6.45) is 0. The quantitative estimate of drug-likeness (QED) is 0.635. The zero-order valence-electron chi connectivity index (χ0n) is 6.26. The summed E-state index contributed by atoms with van der Waals surface area (Å²) < 4.78 is 7.26. The lowest BCUT2D eigenvalue weighted by molar-refractivity contribution is -0.0115. The molecule has 12 heavy (non-hydrogen) atoms. The lowest BCUT2D eigenvalue weighted by atomic mass is 10.2. The standard InChI is InChI=1S/C8H8I2O2/c9-7-1-2-8(10)6(3-7)4-12-5-11/h1-3,11H,4-5H2. The van der Waals surface area contributed by atoms with Crippen molar-refractivity contribution in [3.63, 3.8) is 0 Å². The molecule has 0 spiro atoms. The first-order valence-corrected chi connectivity index (χ1v) is 5.52. The number of hydrogen-bond donors (Lipinski definition) is 1. The highest BCUT2D eigenvalue weighted by atomic mass is 127. The summed E-state index contributed by atoms with van der Waals surface area (Å²) in [7, 11) is 0. The molecule has 1 N–H and O–H groups in total. The van der Waals surface area contributed by atoms with E-state index in [1.807, 2.05) is 12.1 Å². The minimum absolute atomic E-state index is 0.221. The van der Waals surface area contributed by atoms with E-state index in [2.05, 4.69) is 51.2 Å². The molecule has 0 aliphatic carbocycles. The molecule has 0 radical (unpaired) electrons. The Morgan fingerprint density at radius 1 is 1.33 bits per heavy atom. The maximum atomic E-state index is 8.46. The largest absolute Gasteiger partial charge is 0.371 e. The van der Waals surface area contributed by atoms with Gasteiger partial charge in [0.25, 0.3) is 0 Å². The smallest absolute Gasteiger partial charge is 0.144 e. The van der Waals surface area contributed by atoms with Gasteiger partial charge in [-0.05, 0) is 68.9 Å². The number of benzene rings is 1. The summed E-state index contributed by atoms with van der Waals surface area (Å²) >= 11 is 4.50. The molecule has 0 bridgehead atoms. The molecular formula is C8H8I2O2. The Kier molecular flexibility index (Phi) is 4.77. The Morgan fingerprint density at radius 2 is 2.08 bits per heavy atom. The van der Waals surface area contributed by atoms with Crippen molar-refractivity contribution in [3.05, 3.63) is 30.9 Å². The van der Waals surface area contributed by atoms with Crippen LogP contribution in [-0.4, -0.2) is 11.9 Å². The predicted molar refractivity (Wildman–Crippen MR) is 63.8 cm³/mol. The van der Waals surface area contributed by atoms with Crippen LogP contribution in [0.3, 0.4) is 0 Å². The van der Waals surface area contributed by atoms with Crippen LogP contribution < -0.4 is 0 Å². The van der Waals surface area contributed by atoms with E-state index < -0.39 is 0 Å². The molecule has 0 fully saturated rings. The number of aliphatic hydroxyl groups is 1. The Labute approximate surface area is 98.6 Å². The van der Waals surface area contributed by atoms with E-state index >= 15 is 0 Å². The van der Waals surface area contributed by atoms with Crippen molar-refractivity contribution in [1.82, 2.24) is 0 Å². The second-order valence-corrected chi connectivity index (χ2v) is 4.62. The van der Waals surface area contributed by atoms with Crippen LogP contribution in [0.15, 0.2) is 18.2 Å². The second-order valence-electron chi connectivity index (χ2n) is 2.21. The van der Waals surface area contributed by atoms with Crippen LogP contribution in [-0.2, 0) is 11.3 Å². The summed E-state index contributed by atoms with van der Waals surface area (Å²) in [5.74, 6) is 0. The van der Waals surface area contributed by atoms with Crippen LogP contribution in [0.2, 0.25) is 0 Å². The average molecular weight is 390 g/mol. The van der Waals surface area contributed by atoms with Crippen LogP contribution in [0.4, 0.5) is 0 Å². The number of rotatable bonds is 3. The predicted octanol–water partition coefficient (Wildman–Crippen LogP) is 2.36. The van der Waals surface area contributed by atoms with Crippen molar-refractivity contribution in [2.24, 2.45) is 0 Å². The van der Waals surface area contributed by atoms with Crippen molar-refractivity contribution in [3.8, 4) is 0 Å². The maximum Gasteiger partial charge on any atom is 0.144 e. The molecule has 66 valence electrons. The SMILES string of the molecule is OCOCc1cc(I)ccc1I. The Morgan fingerprint density at radius 3 is 2.75 bits per heavy atom. The topological polar surface area (TPSA) is 29.5 Å². The maximum absolute atomic E-state index is 8.46. The zero-order chi connectivity index (χ0) is 8.97. The van der Waals surface area contributed by atoms with E-state index in [-0.39, 0.29) is 6.79 Å². The fraction of sp³-hybridized carbons (Fsp3) is 0.250. The molecule has 0 unspecified atom stereocenters. The number of ether oxygens (including phenoxy) is 1.